The predicted octanol–water partition coefficient (Wildman–Crippen LogP) is 3.71. The van der Waals surface area contributed by atoms with Crippen LogP contribution in [0.2, 0.25) is 0 Å². The number of anilines is 1. The molecule has 6 heteroatoms. The topological polar surface area (TPSA) is 62.7 Å². The Labute approximate surface area is 129 Å². The maximum atomic E-state index is 12.4. The number of nitrogens with zero attached hydrogens (tertiary/aromatic N) is 2. The van der Waals surface area contributed by atoms with Gasteiger partial charge in [-0.1, -0.05) is 12.1 Å². The fourth-order valence-corrected chi connectivity index (χ4v) is 2.90. The van der Waals surface area contributed by atoms with E-state index in [1.807, 2.05) is 41.1 Å². The van der Waals surface area contributed by atoms with Crippen LogP contribution in [0.3, 0.4) is 0 Å². The Bertz CT molecular complexity index is 798. The summed E-state index contributed by atoms with van der Waals surface area (Å²) in [6.07, 6.45) is 4.23. The molecular weight excluding hydrogens is 332 g/mol. The first-order chi connectivity index (χ1) is 10.2. The summed E-state index contributed by atoms with van der Waals surface area (Å²) in [5.41, 5.74) is 2.41. The van der Waals surface area contributed by atoms with E-state index in [0.29, 0.717) is 17.7 Å². The van der Waals surface area contributed by atoms with Crippen LogP contribution < -0.4 is 5.32 Å². The Balaban J connectivity index is 1.63. The second-order valence-electron chi connectivity index (χ2n) is 5.24. The number of para-hydroxylation sites is 2. The smallest absolute Gasteiger partial charge is 0.274 e. The van der Waals surface area contributed by atoms with Gasteiger partial charge in [0, 0.05) is 16.7 Å². The number of H-pyrrole nitrogens is 1. The summed E-state index contributed by atoms with van der Waals surface area (Å²) in [5.74, 6) is 0.326. The zero-order valence-corrected chi connectivity index (χ0v) is 12.7. The van der Waals surface area contributed by atoms with Gasteiger partial charge in [0.05, 0.1) is 11.0 Å². The number of carbonyl (C=O) groups is 1. The molecule has 4 rings (SSSR count). The summed E-state index contributed by atoms with van der Waals surface area (Å²) < 4.78 is 2.95. The molecule has 106 valence electrons. The van der Waals surface area contributed by atoms with Crippen molar-refractivity contribution in [3.05, 3.63) is 46.7 Å². The van der Waals surface area contributed by atoms with Crippen LogP contribution >= 0.6 is 15.9 Å². The fourth-order valence-electron chi connectivity index (χ4n) is 2.47. The molecule has 0 aliphatic heterocycles. The number of carbonyl (C=O) groups excluding carboxylic acids is 1. The van der Waals surface area contributed by atoms with Crippen LogP contribution in [0.5, 0.6) is 0 Å². The molecule has 0 bridgehead atoms. The molecule has 2 aromatic heterocycles. The van der Waals surface area contributed by atoms with Gasteiger partial charge < -0.3 is 9.55 Å². The number of hydrogen-bond donors (Lipinski definition) is 2. The molecule has 1 saturated carbocycles. The van der Waals surface area contributed by atoms with Crippen molar-refractivity contribution < 1.29 is 4.79 Å². The molecule has 1 amide bonds. The van der Waals surface area contributed by atoms with E-state index in [0.717, 1.165) is 28.3 Å². The highest BCUT2D eigenvalue weighted by Gasteiger charge is 2.28. The maximum Gasteiger partial charge on any atom is 0.274 e. The van der Waals surface area contributed by atoms with Crippen molar-refractivity contribution in [2.75, 3.05) is 5.32 Å². The molecule has 21 heavy (non-hydrogen) atoms. The van der Waals surface area contributed by atoms with E-state index in [9.17, 15) is 4.79 Å². The number of rotatable bonds is 3. The zero-order valence-electron chi connectivity index (χ0n) is 11.1. The third-order valence-corrected chi connectivity index (χ3v) is 4.04. The van der Waals surface area contributed by atoms with Crippen molar-refractivity contribution >= 4 is 38.8 Å². The number of aromatic amines is 1. The fraction of sp³-hybridized carbons (Fsp3) is 0.200. The monoisotopic (exact) mass is 344 g/mol. The molecule has 1 aliphatic rings. The van der Waals surface area contributed by atoms with Crippen LogP contribution in [-0.2, 0) is 0 Å². The zero-order chi connectivity index (χ0) is 14.4. The van der Waals surface area contributed by atoms with E-state index >= 15 is 0 Å². The van der Waals surface area contributed by atoms with Gasteiger partial charge in [-0.2, -0.15) is 0 Å². The van der Waals surface area contributed by atoms with Gasteiger partial charge >= 0.3 is 0 Å². The van der Waals surface area contributed by atoms with Crippen LogP contribution in [0, 0.1) is 0 Å². The van der Waals surface area contributed by atoms with Gasteiger partial charge in [0.1, 0.15) is 5.69 Å². The van der Waals surface area contributed by atoms with E-state index in [2.05, 4.69) is 31.2 Å². The number of nitrogens with one attached hydrogen (secondary N) is 2. The van der Waals surface area contributed by atoms with E-state index in [-0.39, 0.29) is 5.91 Å². The Morgan fingerprint density at radius 3 is 2.95 bits per heavy atom. The van der Waals surface area contributed by atoms with Crippen LogP contribution in [0.25, 0.3) is 11.0 Å². The molecule has 2 N–H and O–H groups in total. The standard InChI is InChI=1S/C15H13BrN4O/c16-9-7-13(20(8-9)10-5-6-10)14(21)19-15-17-11-3-1-2-4-12(11)18-15/h1-4,7-8,10H,5-6H2,(H2,17,18,19,21). The van der Waals surface area contributed by atoms with Crippen LogP contribution in [0.15, 0.2) is 41.0 Å². The van der Waals surface area contributed by atoms with Crippen LogP contribution in [0.1, 0.15) is 29.4 Å². The van der Waals surface area contributed by atoms with Crippen molar-refractivity contribution in [3.8, 4) is 0 Å². The first-order valence-electron chi connectivity index (χ1n) is 6.84. The van der Waals surface area contributed by atoms with Crippen molar-refractivity contribution in [1.82, 2.24) is 14.5 Å². The minimum absolute atomic E-state index is 0.147. The van der Waals surface area contributed by atoms with Gasteiger partial charge in [-0.15, -0.1) is 0 Å². The van der Waals surface area contributed by atoms with Gasteiger partial charge in [0.2, 0.25) is 5.95 Å². The molecular formula is C15H13BrN4O. The molecule has 0 saturated heterocycles. The summed E-state index contributed by atoms with van der Waals surface area (Å²) in [4.78, 5) is 19.9. The average molecular weight is 345 g/mol. The van der Waals surface area contributed by atoms with Gasteiger partial charge in [-0.05, 0) is 47.0 Å². The SMILES string of the molecule is O=C(Nc1nc2ccccc2[nH]1)c1cc(Br)cn1C1CC1. The second kappa shape index (κ2) is 4.73. The average Bonchev–Trinajstić information content (AvgIpc) is 3.11. The van der Waals surface area contributed by atoms with Gasteiger partial charge in [0.15, 0.2) is 0 Å². The highest BCUT2D eigenvalue weighted by atomic mass is 79.9. The van der Waals surface area contributed by atoms with Crippen molar-refractivity contribution in [3.63, 3.8) is 0 Å². The molecule has 1 aromatic carbocycles. The number of aromatic nitrogens is 3. The molecule has 1 fully saturated rings. The number of hydrogen-bond acceptors (Lipinski definition) is 2. The first kappa shape index (κ1) is 12.6. The summed E-state index contributed by atoms with van der Waals surface area (Å²) >= 11 is 3.44. The normalized spacial score (nSPS) is 14.5. The van der Waals surface area contributed by atoms with E-state index < -0.39 is 0 Å². The number of halogens is 1. The molecule has 2 heterocycles. The number of imidazole rings is 1. The minimum Gasteiger partial charge on any atom is -0.339 e. The molecule has 0 spiro atoms. The van der Waals surface area contributed by atoms with E-state index in [4.69, 9.17) is 0 Å². The lowest BCUT2D eigenvalue weighted by Gasteiger charge is -2.06. The van der Waals surface area contributed by atoms with Gasteiger partial charge in [-0.25, -0.2) is 4.98 Å². The first-order valence-corrected chi connectivity index (χ1v) is 7.63. The highest BCUT2D eigenvalue weighted by Crippen LogP contribution is 2.37. The molecule has 0 radical (unpaired) electrons. The minimum atomic E-state index is -0.147. The van der Waals surface area contributed by atoms with Crippen molar-refractivity contribution in [2.24, 2.45) is 0 Å². The maximum absolute atomic E-state index is 12.4. The number of amides is 1. The molecule has 0 atom stereocenters. The van der Waals surface area contributed by atoms with Gasteiger partial charge in [-0.3, -0.25) is 10.1 Å². The van der Waals surface area contributed by atoms with Crippen LogP contribution in [0.4, 0.5) is 5.95 Å². The summed E-state index contributed by atoms with van der Waals surface area (Å²) in [7, 11) is 0. The Morgan fingerprint density at radius 1 is 1.38 bits per heavy atom. The lowest BCUT2D eigenvalue weighted by molar-refractivity contribution is 0.101. The quantitative estimate of drug-likeness (QED) is 0.760. The summed E-state index contributed by atoms with van der Waals surface area (Å²) in [5, 5.41) is 2.84. The van der Waals surface area contributed by atoms with Crippen molar-refractivity contribution in [1.29, 1.82) is 0 Å². The summed E-state index contributed by atoms with van der Waals surface area (Å²) in [6.45, 7) is 0. The Kier molecular flexibility index (Phi) is 2.85. The molecule has 3 aromatic rings. The van der Waals surface area contributed by atoms with Crippen LogP contribution in [-0.4, -0.2) is 20.4 Å². The molecule has 5 nitrogen and oxygen atoms in total. The second-order valence-corrected chi connectivity index (χ2v) is 6.15. The number of benzene rings is 1. The lowest BCUT2D eigenvalue weighted by atomic mass is 10.3. The Hall–Kier alpha value is -2.08. The largest absolute Gasteiger partial charge is 0.339 e. The Morgan fingerprint density at radius 2 is 2.19 bits per heavy atom. The third kappa shape index (κ3) is 2.35. The number of fused-ring (bicyclic) bond motifs is 1. The third-order valence-electron chi connectivity index (χ3n) is 3.61. The predicted molar refractivity (Wildman–Crippen MR) is 84.4 cm³/mol. The summed E-state index contributed by atoms with van der Waals surface area (Å²) in [6, 6.07) is 9.99. The lowest BCUT2D eigenvalue weighted by Crippen LogP contribution is -2.17. The molecule has 0 unspecified atom stereocenters. The van der Waals surface area contributed by atoms with E-state index in [1.165, 1.54) is 0 Å². The molecule has 1 aliphatic carbocycles. The highest BCUT2D eigenvalue weighted by molar-refractivity contribution is 9.10. The van der Waals surface area contributed by atoms with Crippen molar-refractivity contribution in [2.45, 2.75) is 18.9 Å². The van der Waals surface area contributed by atoms with E-state index in [1.54, 1.807) is 0 Å². The van der Waals surface area contributed by atoms with Gasteiger partial charge in [0.25, 0.3) is 5.91 Å².